The van der Waals surface area contributed by atoms with Crippen LogP contribution >= 0.6 is 11.8 Å². The van der Waals surface area contributed by atoms with E-state index in [4.69, 9.17) is 4.99 Å². The van der Waals surface area contributed by atoms with Crippen LogP contribution in [0.25, 0.3) is 0 Å². The summed E-state index contributed by atoms with van der Waals surface area (Å²) in [7, 11) is 0. The minimum absolute atomic E-state index is 0.280. The van der Waals surface area contributed by atoms with Gasteiger partial charge in [-0.1, -0.05) is 24.2 Å². The monoisotopic (exact) mass is 261 g/mol. The van der Waals surface area contributed by atoms with E-state index in [0.717, 1.165) is 11.1 Å². The molecule has 1 aliphatic carbocycles. The van der Waals surface area contributed by atoms with Gasteiger partial charge in [-0.25, -0.2) is 0 Å². The molecule has 18 heavy (non-hydrogen) atoms. The van der Waals surface area contributed by atoms with Gasteiger partial charge in [-0.15, -0.1) is 0 Å². The highest BCUT2D eigenvalue weighted by molar-refractivity contribution is 8.13. The van der Waals surface area contributed by atoms with Crippen LogP contribution in [0.5, 0.6) is 0 Å². The molecule has 96 valence electrons. The lowest BCUT2D eigenvalue weighted by Crippen LogP contribution is -2.31. The van der Waals surface area contributed by atoms with Crippen LogP contribution in [0.4, 0.5) is 0 Å². The molecule has 0 amide bonds. The van der Waals surface area contributed by atoms with Crippen molar-refractivity contribution in [3.63, 3.8) is 0 Å². The second-order valence-corrected chi connectivity index (χ2v) is 6.16. The Kier molecular flexibility index (Phi) is 3.55. The van der Waals surface area contributed by atoms with Gasteiger partial charge in [0, 0.05) is 18.1 Å². The molecule has 1 fully saturated rings. The molecule has 1 aliphatic heterocycles. The van der Waals surface area contributed by atoms with Crippen molar-refractivity contribution in [1.82, 2.24) is 10.3 Å². The Morgan fingerprint density at radius 2 is 2.39 bits per heavy atom. The Morgan fingerprint density at radius 3 is 3.22 bits per heavy atom. The summed E-state index contributed by atoms with van der Waals surface area (Å²) in [5.74, 6) is 2.06. The Balaban J connectivity index is 1.66. The number of aromatic nitrogens is 1. The topological polar surface area (TPSA) is 37.3 Å². The average Bonchev–Trinajstić information content (AvgIpc) is 2.87. The maximum atomic E-state index is 4.86. The fraction of sp³-hybridized carbons (Fsp3) is 0.571. The summed E-state index contributed by atoms with van der Waals surface area (Å²) in [5, 5.41) is 4.64. The summed E-state index contributed by atoms with van der Waals surface area (Å²) in [6.07, 6.45) is 7.73. The predicted molar refractivity (Wildman–Crippen MR) is 76.8 cm³/mol. The van der Waals surface area contributed by atoms with Gasteiger partial charge in [0.05, 0.1) is 12.1 Å². The number of pyridine rings is 1. The van der Waals surface area contributed by atoms with Crippen LogP contribution in [0.15, 0.2) is 29.5 Å². The molecule has 2 aliphatic rings. The van der Waals surface area contributed by atoms with Gasteiger partial charge >= 0.3 is 0 Å². The van der Waals surface area contributed by atoms with Crippen molar-refractivity contribution in [3.8, 4) is 0 Å². The Hall–Kier alpha value is -1.03. The predicted octanol–water partition coefficient (Wildman–Crippen LogP) is 3.00. The number of nitrogens with one attached hydrogen (secondary N) is 1. The van der Waals surface area contributed by atoms with Crippen molar-refractivity contribution < 1.29 is 0 Å². The van der Waals surface area contributed by atoms with Crippen LogP contribution in [0.2, 0.25) is 0 Å². The summed E-state index contributed by atoms with van der Waals surface area (Å²) in [5.41, 5.74) is 1.22. The molecule has 3 unspecified atom stereocenters. The molecule has 3 nitrogen and oxygen atoms in total. The number of amidine groups is 1. The molecule has 4 heteroatoms. The van der Waals surface area contributed by atoms with Crippen molar-refractivity contribution in [3.05, 3.63) is 30.1 Å². The molecule has 1 saturated carbocycles. The lowest BCUT2D eigenvalue weighted by Gasteiger charge is -2.25. The highest BCUT2D eigenvalue weighted by Gasteiger charge is 2.31. The van der Waals surface area contributed by atoms with E-state index in [1.165, 1.54) is 30.6 Å². The minimum Gasteiger partial charge on any atom is -0.358 e. The number of thioether (sulfide) groups is 1. The molecule has 2 heterocycles. The Labute approximate surface area is 112 Å². The summed E-state index contributed by atoms with van der Waals surface area (Å²) in [6.45, 7) is 2.17. The van der Waals surface area contributed by atoms with E-state index in [-0.39, 0.29) is 6.04 Å². The van der Waals surface area contributed by atoms with Crippen LogP contribution < -0.4 is 5.32 Å². The van der Waals surface area contributed by atoms with Crippen molar-refractivity contribution in [2.24, 2.45) is 10.9 Å². The van der Waals surface area contributed by atoms with Crippen LogP contribution in [-0.2, 0) is 0 Å². The zero-order valence-corrected chi connectivity index (χ0v) is 11.5. The third-order valence-electron chi connectivity index (χ3n) is 3.86. The minimum atomic E-state index is 0.280. The fourth-order valence-corrected chi connectivity index (χ4v) is 3.97. The molecular formula is C14H19N3S. The number of fused-ring (bicyclic) bond motifs is 1. The molecule has 0 radical (unpaired) electrons. The van der Waals surface area contributed by atoms with Gasteiger partial charge in [0.1, 0.15) is 0 Å². The first-order valence-corrected chi connectivity index (χ1v) is 7.68. The molecule has 1 N–H and O–H groups in total. The van der Waals surface area contributed by atoms with Gasteiger partial charge in [0.25, 0.3) is 0 Å². The Morgan fingerprint density at radius 1 is 1.44 bits per heavy atom. The molecule has 1 aromatic rings. The zero-order valence-electron chi connectivity index (χ0n) is 10.7. The van der Waals surface area contributed by atoms with E-state index in [2.05, 4.69) is 23.3 Å². The van der Waals surface area contributed by atoms with Crippen LogP contribution in [0.1, 0.15) is 37.8 Å². The second kappa shape index (κ2) is 5.31. The molecule has 0 aromatic carbocycles. The standard InChI is InChI=1S/C14H19N3S/c1-10(11-5-3-7-15-8-11)16-14-17-13-6-2-4-12(13)9-18-14/h3,5,7-8,10,12-13H,2,4,6,9H2,1H3,(H,16,17). The SMILES string of the molecule is CC(NC1=NC2CCCC2CS1)c1cccnc1. The van der Waals surface area contributed by atoms with Gasteiger partial charge in [-0.3, -0.25) is 9.98 Å². The van der Waals surface area contributed by atoms with Crippen molar-refractivity contribution in [2.45, 2.75) is 38.3 Å². The first-order valence-electron chi connectivity index (χ1n) is 6.70. The van der Waals surface area contributed by atoms with E-state index in [1.54, 1.807) is 0 Å². The normalized spacial score (nSPS) is 28.4. The Bertz CT molecular complexity index is 432. The van der Waals surface area contributed by atoms with Gasteiger partial charge in [-0.2, -0.15) is 0 Å². The lowest BCUT2D eigenvalue weighted by molar-refractivity contribution is 0.531. The quantitative estimate of drug-likeness (QED) is 0.889. The third kappa shape index (κ3) is 2.53. The van der Waals surface area contributed by atoms with Crippen LogP contribution in [0, 0.1) is 5.92 Å². The summed E-state index contributed by atoms with van der Waals surface area (Å²) >= 11 is 1.88. The van der Waals surface area contributed by atoms with Crippen molar-refractivity contribution >= 4 is 16.9 Å². The molecule has 3 rings (SSSR count). The zero-order chi connectivity index (χ0) is 12.4. The maximum absolute atomic E-state index is 4.86. The largest absolute Gasteiger partial charge is 0.358 e. The third-order valence-corrected chi connectivity index (χ3v) is 4.95. The molecular weight excluding hydrogens is 242 g/mol. The van der Waals surface area contributed by atoms with Crippen LogP contribution in [-0.4, -0.2) is 21.9 Å². The van der Waals surface area contributed by atoms with Crippen molar-refractivity contribution in [1.29, 1.82) is 0 Å². The fourth-order valence-electron chi connectivity index (χ4n) is 2.74. The van der Waals surface area contributed by atoms with Gasteiger partial charge in [0.2, 0.25) is 0 Å². The highest BCUT2D eigenvalue weighted by Crippen LogP contribution is 2.35. The van der Waals surface area contributed by atoms with Crippen molar-refractivity contribution in [2.75, 3.05) is 5.75 Å². The van der Waals surface area contributed by atoms with E-state index in [0.29, 0.717) is 6.04 Å². The number of nitrogens with zero attached hydrogens (tertiary/aromatic N) is 2. The highest BCUT2D eigenvalue weighted by atomic mass is 32.2. The van der Waals surface area contributed by atoms with E-state index >= 15 is 0 Å². The lowest BCUT2D eigenvalue weighted by atomic mass is 10.1. The average molecular weight is 261 g/mol. The van der Waals surface area contributed by atoms with Gasteiger partial charge < -0.3 is 5.32 Å². The van der Waals surface area contributed by atoms with Gasteiger partial charge in [0.15, 0.2) is 5.17 Å². The number of hydrogen-bond acceptors (Lipinski definition) is 4. The summed E-state index contributed by atoms with van der Waals surface area (Å²) in [6, 6.07) is 4.95. The molecule has 0 spiro atoms. The smallest absolute Gasteiger partial charge is 0.157 e. The molecule has 0 bridgehead atoms. The molecule has 0 saturated heterocycles. The number of rotatable bonds is 2. The number of hydrogen-bond donors (Lipinski definition) is 1. The van der Waals surface area contributed by atoms with E-state index < -0.39 is 0 Å². The summed E-state index contributed by atoms with van der Waals surface area (Å²) in [4.78, 5) is 9.02. The number of aliphatic imine (C=N–C) groups is 1. The summed E-state index contributed by atoms with van der Waals surface area (Å²) < 4.78 is 0. The van der Waals surface area contributed by atoms with E-state index in [1.807, 2.05) is 30.2 Å². The first kappa shape index (κ1) is 12.0. The first-order chi connectivity index (χ1) is 8.83. The molecule has 3 atom stereocenters. The van der Waals surface area contributed by atoms with Crippen LogP contribution in [0.3, 0.4) is 0 Å². The van der Waals surface area contributed by atoms with E-state index in [9.17, 15) is 0 Å². The second-order valence-electron chi connectivity index (χ2n) is 5.16. The maximum Gasteiger partial charge on any atom is 0.157 e. The molecule has 1 aromatic heterocycles. The van der Waals surface area contributed by atoms with Gasteiger partial charge in [-0.05, 0) is 37.3 Å².